The zero-order chi connectivity index (χ0) is 19.6. The smallest absolute Gasteiger partial charge is 0.199 e. The molecule has 0 spiro atoms. The van der Waals surface area contributed by atoms with E-state index in [0.29, 0.717) is 18.3 Å². The summed E-state index contributed by atoms with van der Waals surface area (Å²) in [6.07, 6.45) is 6.76. The fraction of sp³-hybridized carbons (Fsp3) is 0.440. The summed E-state index contributed by atoms with van der Waals surface area (Å²) in [5.41, 5.74) is 2.21. The Bertz CT molecular complexity index is 698. The molecule has 0 aromatic heterocycles. The van der Waals surface area contributed by atoms with E-state index < -0.39 is 0 Å². The van der Waals surface area contributed by atoms with Gasteiger partial charge in [0.2, 0.25) is 0 Å². The molecule has 28 heavy (non-hydrogen) atoms. The number of ether oxygens (including phenoxy) is 3. The molecule has 1 aliphatic carbocycles. The summed E-state index contributed by atoms with van der Waals surface area (Å²) in [5.74, 6) is 1.09. The van der Waals surface area contributed by atoms with Crippen LogP contribution in [0.25, 0.3) is 5.76 Å². The van der Waals surface area contributed by atoms with Crippen LogP contribution in [0.3, 0.4) is 0 Å². The van der Waals surface area contributed by atoms with Crippen molar-refractivity contribution in [3.05, 3.63) is 78.4 Å². The summed E-state index contributed by atoms with van der Waals surface area (Å²) in [4.78, 5) is 0. The Labute approximate surface area is 169 Å². The summed E-state index contributed by atoms with van der Waals surface area (Å²) in [6.45, 7) is 4.75. The Morgan fingerprint density at radius 3 is 2.36 bits per heavy atom. The molecular weight excluding hydrogens is 348 g/mol. The molecule has 0 heterocycles. The molecule has 3 atom stereocenters. The van der Waals surface area contributed by atoms with E-state index in [4.69, 9.17) is 14.2 Å². The number of hydrogen-bond donors (Lipinski definition) is 0. The second-order valence-electron chi connectivity index (χ2n) is 7.54. The SMILES string of the molecule is C=C(O[C@H](C[C@H]1CCCCC[C@@H]1OCc1ccccc1)OC)c1ccccc1. The van der Waals surface area contributed by atoms with Crippen LogP contribution in [0.1, 0.15) is 49.7 Å². The summed E-state index contributed by atoms with van der Waals surface area (Å²) >= 11 is 0. The van der Waals surface area contributed by atoms with Gasteiger partial charge in [0.15, 0.2) is 6.29 Å². The molecule has 0 bridgehead atoms. The van der Waals surface area contributed by atoms with Crippen molar-refractivity contribution in [2.24, 2.45) is 5.92 Å². The highest BCUT2D eigenvalue weighted by Gasteiger charge is 2.28. The maximum atomic E-state index is 6.36. The zero-order valence-electron chi connectivity index (χ0n) is 16.9. The topological polar surface area (TPSA) is 27.7 Å². The average Bonchev–Trinajstić information content (AvgIpc) is 2.98. The molecule has 1 fully saturated rings. The van der Waals surface area contributed by atoms with Crippen molar-refractivity contribution in [1.82, 2.24) is 0 Å². The normalized spacial score (nSPS) is 20.9. The van der Waals surface area contributed by atoms with E-state index in [0.717, 1.165) is 24.8 Å². The quantitative estimate of drug-likeness (QED) is 0.294. The van der Waals surface area contributed by atoms with E-state index in [1.807, 2.05) is 36.4 Å². The van der Waals surface area contributed by atoms with Crippen molar-refractivity contribution in [2.45, 2.75) is 57.5 Å². The molecule has 2 aromatic rings. The molecule has 2 aromatic carbocycles. The lowest BCUT2D eigenvalue weighted by Gasteiger charge is -2.29. The summed E-state index contributed by atoms with van der Waals surface area (Å²) < 4.78 is 18.1. The molecule has 3 rings (SSSR count). The predicted molar refractivity (Wildman–Crippen MR) is 114 cm³/mol. The van der Waals surface area contributed by atoms with E-state index in [9.17, 15) is 0 Å². The molecule has 3 nitrogen and oxygen atoms in total. The molecule has 0 saturated heterocycles. The number of benzene rings is 2. The molecule has 0 radical (unpaired) electrons. The van der Waals surface area contributed by atoms with E-state index in [1.165, 1.54) is 24.8 Å². The summed E-state index contributed by atoms with van der Waals surface area (Å²) in [6, 6.07) is 20.4. The van der Waals surface area contributed by atoms with Crippen LogP contribution in [0.4, 0.5) is 0 Å². The Balaban J connectivity index is 1.59. The molecule has 3 heteroatoms. The highest BCUT2D eigenvalue weighted by Crippen LogP contribution is 2.31. The van der Waals surface area contributed by atoms with Gasteiger partial charge in [-0.2, -0.15) is 0 Å². The molecule has 1 saturated carbocycles. The second-order valence-corrected chi connectivity index (χ2v) is 7.54. The van der Waals surface area contributed by atoms with Gasteiger partial charge in [0.25, 0.3) is 0 Å². The largest absolute Gasteiger partial charge is 0.465 e. The summed E-state index contributed by atoms with van der Waals surface area (Å²) in [5, 5.41) is 0. The van der Waals surface area contributed by atoms with Gasteiger partial charge >= 0.3 is 0 Å². The highest BCUT2D eigenvalue weighted by atomic mass is 16.7. The van der Waals surface area contributed by atoms with Crippen molar-refractivity contribution in [3.63, 3.8) is 0 Å². The maximum Gasteiger partial charge on any atom is 0.199 e. The predicted octanol–water partition coefficient (Wildman–Crippen LogP) is 6.20. The van der Waals surface area contributed by atoms with Gasteiger partial charge in [-0.05, 0) is 24.3 Å². The van der Waals surface area contributed by atoms with Crippen molar-refractivity contribution >= 4 is 5.76 Å². The molecule has 0 amide bonds. The Hall–Kier alpha value is -2.10. The van der Waals surface area contributed by atoms with Gasteiger partial charge in [0.05, 0.1) is 12.7 Å². The minimum atomic E-state index is -0.307. The Kier molecular flexibility index (Phi) is 8.13. The average molecular weight is 381 g/mol. The zero-order valence-corrected chi connectivity index (χ0v) is 16.9. The van der Waals surface area contributed by atoms with Gasteiger partial charge < -0.3 is 14.2 Å². The molecule has 0 unspecified atom stereocenters. The lowest BCUT2D eigenvalue weighted by molar-refractivity contribution is -0.104. The van der Waals surface area contributed by atoms with E-state index in [-0.39, 0.29) is 12.4 Å². The van der Waals surface area contributed by atoms with Crippen LogP contribution in [-0.2, 0) is 20.8 Å². The van der Waals surface area contributed by atoms with Crippen molar-refractivity contribution < 1.29 is 14.2 Å². The molecular formula is C25H32O3. The third-order valence-electron chi connectivity index (χ3n) is 5.52. The number of rotatable bonds is 9. The van der Waals surface area contributed by atoms with Gasteiger partial charge in [-0.25, -0.2) is 0 Å². The number of hydrogen-bond acceptors (Lipinski definition) is 3. The number of methoxy groups -OCH3 is 1. The monoisotopic (exact) mass is 380 g/mol. The molecule has 0 N–H and O–H groups in total. The maximum absolute atomic E-state index is 6.36. The van der Waals surface area contributed by atoms with Crippen LogP contribution < -0.4 is 0 Å². The Morgan fingerprint density at radius 1 is 0.964 bits per heavy atom. The van der Waals surface area contributed by atoms with Gasteiger partial charge in [0, 0.05) is 19.1 Å². The van der Waals surface area contributed by atoms with Gasteiger partial charge in [-0.15, -0.1) is 0 Å². The first kappa shape index (κ1) is 20.6. The van der Waals surface area contributed by atoms with Gasteiger partial charge in [-0.3, -0.25) is 0 Å². The Morgan fingerprint density at radius 2 is 1.64 bits per heavy atom. The van der Waals surface area contributed by atoms with Crippen LogP contribution in [0, 0.1) is 5.92 Å². The first-order valence-corrected chi connectivity index (χ1v) is 10.4. The fourth-order valence-corrected chi connectivity index (χ4v) is 3.91. The minimum Gasteiger partial charge on any atom is -0.465 e. The lowest BCUT2D eigenvalue weighted by atomic mass is 9.93. The third-order valence-corrected chi connectivity index (χ3v) is 5.52. The molecule has 150 valence electrons. The van der Waals surface area contributed by atoms with E-state index in [2.05, 4.69) is 30.8 Å². The van der Waals surface area contributed by atoms with Gasteiger partial charge in [-0.1, -0.05) is 86.5 Å². The first-order valence-electron chi connectivity index (χ1n) is 10.4. The van der Waals surface area contributed by atoms with Crippen molar-refractivity contribution in [1.29, 1.82) is 0 Å². The minimum absolute atomic E-state index is 0.244. The molecule has 1 aliphatic rings. The van der Waals surface area contributed by atoms with Crippen molar-refractivity contribution in [3.8, 4) is 0 Å². The van der Waals surface area contributed by atoms with E-state index in [1.54, 1.807) is 7.11 Å². The van der Waals surface area contributed by atoms with Crippen molar-refractivity contribution in [2.75, 3.05) is 7.11 Å². The summed E-state index contributed by atoms with van der Waals surface area (Å²) in [7, 11) is 1.71. The van der Waals surface area contributed by atoms with Crippen LogP contribution in [0.2, 0.25) is 0 Å². The first-order chi connectivity index (χ1) is 13.8. The van der Waals surface area contributed by atoms with Crippen LogP contribution in [0.15, 0.2) is 67.2 Å². The highest BCUT2D eigenvalue weighted by molar-refractivity contribution is 5.57. The van der Waals surface area contributed by atoms with Crippen LogP contribution in [0.5, 0.6) is 0 Å². The van der Waals surface area contributed by atoms with Gasteiger partial charge in [0.1, 0.15) is 5.76 Å². The standard InChI is InChI=1S/C25H32O3/c1-20(22-14-8-4-9-15-22)28-25(26-2)18-23-16-10-5-11-17-24(23)27-19-21-12-6-3-7-13-21/h3-4,6-9,12-15,23-25H,1,5,10-11,16-19H2,2H3/t23-,24+,25-/m1/s1. The second kappa shape index (κ2) is 11.0. The third kappa shape index (κ3) is 6.22. The van der Waals surface area contributed by atoms with Crippen LogP contribution in [-0.4, -0.2) is 19.5 Å². The van der Waals surface area contributed by atoms with Crippen LogP contribution >= 0.6 is 0 Å². The lowest BCUT2D eigenvalue weighted by Crippen LogP contribution is -2.28. The fourth-order valence-electron chi connectivity index (χ4n) is 3.91. The molecule has 0 aliphatic heterocycles. The van der Waals surface area contributed by atoms with E-state index >= 15 is 0 Å².